The number of hydrogen-bond acceptors (Lipinski definition) is 3. The summed E-state index contributed by atoms with van der Waals surface area (Å²) in [6.07, 6.45) is 3.12. The molecular formula is C15H12ClNO2. The van der Waals surface area contributed by atoms with Crippen molar-refractivity contribution in [1.82, 2.24) is 5.16 Å². The van der Waals surface area contributed by atoms with E-state index < -0.39 is 0 Å². The fraction of sp³-hybridized carbons (Fsp3) is 0.133. The van der Waals surface area contributed by atoms with Crippen LogP contribution in [0.3, 0.4) is 0 Å². The van der Waals surface area contributed by atoms with Crippen LogP contribution < -0.4 is 0 Å². The summed E-state index contributed by atoms with van der Waals surface area (Å²) in [6.45, 7) is 0. The standard InChI is InChI=1S/C15H12ClNO2/c16-15-6-5-14(19-15)10-12-3-1-11(2-4-12)9-13-7-8-18-17-13/h1-8H,9-10H2. The highest BCUT2D eigenvalue weighted by atomic mass is 35.5. The van der Waals surface area contributed by atoms with Gasteiger partial charge in [0.25, 0.3) is 0 Å². The third-order valence-electron chi connectivity index (χ3n) is 2.91. The lowest BCUT2D eigenvalue weighted by Gasteiger charge is -2.01. The van der Waals surface area contributed by atoms with Crippen LogP contribution in [-0.4, -0.2) is 5.16 Å². The number of rotatable bonds is 4. The molecule has 3 aromatic rings. The Morgan fingerprint density at radius 2 is 1.63 bits per heavy atom. The SMILES string of the molecule is Clc1ccc(Cc2ccc(Cc3ccon3)cc2)o1. The van der Waals surface area contributed by atoms with E-state index in [0.717, 1.165) is 24.3 Å². The second-order valence-corrected chi connectivity index (χ2v) is 4.74. The summed E-state index contributed by atoms with van der Waals surface area (Å²) in [5.41, 5.74) is 3.33. The van der Waals surface area contributed by atoms with Gasteiger partial charge < -0.3 is 8.94 Å². The molecule has 0 aliphatic rings. The molecule has 0 fully saturated rings. The second-order valence-electron chi connectivity index (χ2n) is 4.37. The van der Waals surface area contributed by atoms with Gasteiger partial charge in [0, 0.05) is 18.9 Å². The maximum absolute atomic E-state index is 5.75. The van der Waals surface area contributed by atoms with E-state index >= 15 is 0 Å². The lowest BCUT2D eigenvalue weighted by molar-refractivity contribution is 0.413. The van der Waals surface area contributed by atoms with Crippen LogP contribution >= 0.6 is 11.6 Å². The Bertz CT molecular complexity index is 641. The normalized spacial score (nSPS) is 10.8. The minimum Gasteiger partial charge on any atom is -0.449 e. The van der Waals surface area contributed by atoms with E-state index in [1.807, 2.05) is 12.1 Å². The molecule has 0 unspecified atom stereocenters. The van der Waals surface area contributed by atoms with Crippen molar-refractivity contribution >= 4 is 11.6 Å². The summed E-state index contributed by atoms with van der Waals surface area (Å²) < 4.78 is 10.2. The Morgan fingerprint density at radius 3 is 2.21 bits per heavy atom. The molecule has 0 aliphatic heterocycles. The van der Waals surface area contributed by atoms with Gasteiger partial charge >= 0.3 is 0 Å². The van der Waals surface area contributed by atoms with Gasteiger partial charge in [0.05, 0.1) is 5.69 Å². The molecule has 0 atom stereocenters. The molecule has 19 heavy (non-hydrogen) atoms. The molecule has 3 rings (SSSR count). The summed E-state index contributed by atoms with van der Waals surface area (Å²) in [5, 5.41) is 4.33. The molecule has 96 valence electrons. The molecule has 0 aliphatic carbocycles. The smallest absolute Gasteiger partial charge is 0.193 e. The topological polar surface area (TPSA) is 39.2 Å². The number of nitrogens with zero attached hydrogens (tertiary/aromatic N) is 1. The van der Waals surface area contributed by atoms with Gasteiger partial charge in [0.15, 0.2) is 5.22 Å². The number of furan rings is 1. The van der Waals surface area contributed by atoms with Crippen LogP contribution in [0.1, 0.15) is 22.6 Å². The van der Waals surface area contributed by atoms with Crippen LogP contribution in [0.25, 0.3) is 0 Å². The molecule has 0 radical (unpaired) electrons. The van der Waals surface area contributed by atoms with Crippen molar-refractivity contribution in [3.8, 4) is 0 Å². The monoisotopic (exact) mass is 273 g/mol. The molecule has 0 N–H and O–H groups in total. The van der Waals surface area contributed by atoms with E-state index in [9.17, 15) is 0 Å². The van der Waals surface area contributed by atoms with Crippen molar-refractivity contribution in [2.75, 3.05) is 0 Å². The number of hydrogen-bond donors (Lipinski definition) is 0. The van der Waals surface area contributed by atoms with Crippen LogP contribution in [0, 0.1) is 0 Å². The number of benzene rings is 1. The highest BCUT2D eigenvalue weighted by Gasteiger charge is 2.03. The van der Waals surface area contributed by atoms with Crippen LogP contribution in [0.2, 0.25) is 5.22 Å². The third-order valence-corrected chi connectivity index (χ3v) is 3.11. The van der Waals surface area contributed by atoms with E-state index in [2.05, 4.69) is 29.4 Å². The average molecular weight is 274 g/mol. The molecule has 0 bridgehead atoms. The Labute approximate surface area is 115 Å². The molecule has 2 heterocycles. The first-order valence-electron chi connectivity index (χ1n) is 6.01. The first kappa shape index (κ1) is 12.1. The maximum atomic E-state index is 5.75. The van der Waals surface area contributed by atoms with Gasteiger partial charge in [-0.15, -0.1) is 0 Å². The van der Waals surface area contributed by atoms with Gasteiger partial charge in [-0.05, 0) is 34.9 Å². The third kappa shape index (κ3) is 3.06. The summed E-state index contributed by atoms with van der Waals surface area (Å²) in [4.78, 5) is 0. The lowest BCUT2D eigenvalue weighted by atomic mass is 10.1. The molecule has 0 spiro atoms. The molecule has 0 saturated carbocycles. The quantitative estimate of drug-likeness (QED) is 0.718. The highest BCUT2D eigenvalue weighted by Crippen LogP contribution is 2.17. The van der Waals surface area contributed by atoms with E-state index in [1.54, 1.807) is 12.3 Å². The Balaban J connectivity index is 1.68. The van der Waals surface area contributed by atoms with Gasteiger partial charge in [-0.25, -0.2) is 0 Å². The molecule has 0 amide bonds. The minimum absolute atomic E-state index is 0.428. The lowest BCUT2D eigenvalue weighted by Crippen LogP contribution is -1.90. The van der Waals surface area contributed by atoms with E-state index in [-0.39, 0.29) is 0 Å². The van der Waals surface area contributed by atoms with Crippen molar-refractivity contribution in [2.24, 2.45) is 0 Å². The fourth-order valence-electron chi connectivity index (χ4n) is 1.96. The highest BCUT2D eigenvalue weighted by molar-refractivity contribution is 6.28. The summed E-state index contributed by atoms with van der Waals surface area (Å²) in [5.74, 6) is 0.870. The van der Waals surface area contributed by atoms with Crippen molar-refractivity contribution < 1.29 is 8.94 Å². The van der Waals surface area contributed by atoms with Gasteiger partial charge in [-0.2, -0.15) is 0 Å². The van der Waals surface area contributed by atoms with Crippen LogP contribution in [0.15, 0.2) is 57.7 Å². The van der Waals surface area contributed by atoms with Crippen molar-refractivity contribution in [2.45, 2.75) is 12.8 Å². The van der Waals surface area contributed by atoms with Gasteiger partial charge in [-0.1, -0.05) is 29.4 Å². The van der Waals surface area contributed by atoms with Crippen molar-refractivity contribution in [3.05, 3.63) is 76.5 Å². The zero-order valence-electron chi connectivity index (χ0n) is 10.2. The first-order chi connectivity index (χ1) is 9.29. The Kier molecular flexibility index (Phi) is 3.38. The van der Waals surface area contributed by atoms with E-state index in [0.29, 0.717) is 5.22 Å². The number of aromatic nitrogens is 1. The summed E-state index contributed by atoms with van der Waals surface area (Å²) in [6, 6.07) is 13.9. The zero-order chi connectivity index (χ0) is 13.1. The Morgan fingerprint density at radius 1 is 0.895 bits per heavy atom. The van der Waals surface area contributed by atoms with Crippen LogP contribution in [-0.2, 0) is 12.8 Å². The predicted octanol–water partition coefficient (Wildman–Crippen LogP) is 4.10. The predicted molar refractivity (Wildman–Crippen MR) is 72.3 cm³/mol. The van der Waals surface area contributed by atoms with E-state index in [1.165, 1.54) is 11.1 Å². The molecule has 4 heteroatoms. The van der Waals surface area contributed by atoms with Gasteiger partial charge in [0.1, 0.15) is 12.0 Å². The summed E-state index contributed by atoms with van der Waals surface area (Å²) in [7, 11) is 0. The minimum atomic E-state index is 0.428. The largest absolute Gasteiger partial charge is 0.449 e. The van der Waals surface area contributed by atoms with Crippen molar-refractivity contribution in [1.29, 1.82) is 0 Å². The Hall–Kier alpha value is -2.00. The maximum Gasteiger partial charge on any atom is 0.193 e. The zero-order valence-corrected chi connectivity index (χ0v) is 10.9. The number of halogens is 1. The van der Waals surface area contributed by atoms with Gasteiger partial charge in [0.2, 0.25) is 0 Å². The molecule has 3 nitrogen and oxygen atoms in total. The van der Waals surface area contributed by atoms with Gasteiger partial charge in [-0.3, -0.25) is 0 Å². The van der Waals surface area contributed by atoms with Crippen molar-refractivity contribution in [3.63, 3.8) is 0 Å². The summed E-state index contributed by atoms with van der Waals surface area (Å²) >= 11 is 5.75. The first-order valence-corrected chi connectivity index (χ1v) is 6.39. The fourth-order valence-corrected chi connectivity index (χ4v) is 2.12. The molecule has 0 saturated heterocycles. The van der Waals surface area contributed by atoms with E-state index in [4.69, 9.17) is 20.5 Å². The molecular weight excluding hydrogens is 262 g/mol. The molecule has 1 aromatic carbocycles. The molecule has 2 aromatic heterocycles. The average Bonchev–Trinajstić information content (AvgIpc) is 3.04. The second kappa shape index (κ2) is 5.33. The van der Waals surface area contributed by atoms with Crippen LogP contribution in [0.4, 0.5) is 0 Å². The van der Waals surface area contributed by atoms with Crippen LogP contribution in [0.5, 0.6) is 0 Å².